The summed E-state index contributed by atoms with van der Waals surface area (Å²) in [6.45, 7) is 5.77. The molecule has 20 heavy (non-hydrogen) atoms. The maximum Gasteiger partial charge on any atom is 0.239 e. The number of sulfonamides is 1. The fourth-order valence-corrected chi connectivity index (χ4v) is 4.01. The highest BCUT2D eigenvalue weighted by Gasteiger charge is 2.32. The zero-order valence-corrected chi connectivity index (χ0v) is 14.1. The molecule has 1 rings (SSSR count). The van der Waals surface area contributed by atoms with E-state index in [0.29, 0.717) is 19.6 Å². The molecular formula is C12H26ClN3O3S. The van der Waals surface area contributed by atoms with Crippen LogP contribution in [0, 0.1) is 0 Å². The summed E-state index contributed by atoms with van der Waals surface area (Å²) in [6.07, 6.45) is 1.89. The summed E-state index contributed by atoms with van der Waals surface area (Å²) in [5, 5.41) is 3.05. The molecule has 0 bridgehead atoms. The molecule has 8 heteroatoms. The molecule has 1 atom stereocenters. The second-order valence-electron chi connectivity index (χ2n) is 4.78. The first-order valence-electron chi connectivity index (χ1n) is 6.88. The quantitative estimate of drug-likeness (QED) is 0.729. The van der Waals surface area contributed by atoms with Gasteiger partial charge in [0.25, 0.3) is 0 Å². The van der Waals surface area contributed by atoms with Crippen LogP contribution in [-0.4, -0.2) is 68.6 Å². The van der Waals surface area contributed by atoms with Gasteiger partial charge in [-0.3, -0.25) is 4.79 Å². The minimum Gasteiger partial charge on any atom is -0.338 e. The van der Waals surface area contributed by atoms with Crippen molar-refractivity contribution in [2.45, 2.75) is 32.7 Å². The zero-order valence-electron chi connectivity index (χ0n) is 12.5. The molecule has 0 spiro atoms. The highest BCUT2D eigenvalue weighted by Crippen LogP contribution is 2.17. The second-order valence-corrected chi connectivity index (χ2v) is 6.75. The Balaban J connectivity index is 0.00000361. The van der Waals surface area contributed by atoms with E-state index in [1.165, 1.54) is 4.31 Å². The SMILES string of the molecule is CCN(CC)S(=O)(=O)CC(=O)N1CCCC1CNC.Cl. The van der Waals surface area contributed by atoms with Crippen LogP contribution < -0.4 is 5.32 Å². The molecule has 1 heterocycles. The van der Waals surface area contributed by atoms with E-state index < -0.39 is 15.8 Å². The number of hydrogen-bond donors (Lipinski definition) is 1. The summed E-state index contributed by atoms with van der Waals surface area (Å²) in [7, 11) is -1.63. The van der Waals surface area contributed by atoms with Gasteiger partial charge >= 0.3 is 0 Å². The number of rotatable bonds is 7. The number of amides is 1. The zero-order chi connectivity index (χ0) is 14.5. The van der Waals surface area contributed by atoms with Gasteiger partial charge in [-0.2, -0.15) is 0 Å². The first-order valence-corrected chi connectivity index (χ1v) is 8.49. The number of nitrogens with zero attached hydrogens (tertiary/aromatic N) is 2. The summed E-state index contributed by atoms with van der Waals surface area (Å²) in [6, 6.07) is 0.129. The molecule has 0 aromatic carbocycles. The number of likely N-dealkylation sites (N-methyl/N-ethyl adjacent to an activating group) is 1. The van der Waals surface area contributed by atoms with E-state index in [1.54, 1.807) is 18.7 Å². The highest BCUT2D eigenvalue weighted by atomic mass is 35.5. The Bertz CT molecular complexity index is 399. The molecular weight excluding hydrogens is 302 g/mol. The Morgan fingerprint density at radius 1 is 1.35 bits per heavy atom. The first-order chi connectivity index (χ1) is 8.96. The number of carbonyl (C=O) groups excluding carboxylic acids is 1. The topological polar surface area (TPSA) is 69.7 Å². The van der Waals surface area contributed by atoms with Crippen LogP contribution in [0.3, 0.4) is 0 Å². The standard InChI is InChI=1S/C12H25N3O3S.ClH/c1-4-14(5-2)19(17,18)10-12(16)15-8-6-7-11(15)9-13-3;/h11,13H,4-10H2,1-3H3;1H. The average Bonchev–Trinajstić information content (AvgIpc) is 2.78. The van der Waals surface area contributed by atoms with Gasteiger partial charge in [-0.05, 0) is 19.9 Å². The summed E-state index contributed by atoms with van der Waals surface area (Å²) in [4.78, 5) is 13.9. The highest BCUT2D eigenvalue weighted by molar-refractivity contribution is 7.89. The van der Waals surface area contributed by atoms with E-state index in [0.717, 1.165) is 19.4 Å². The molecule has 1 saturated heterocycles. The normalized spacial score (nSPS) is 19.2. The van der Waals surface area contributed by atoms with Gasteiger partial charge in [-0.1, -0.05) is 13.8 Å². The fraction of sp³-hybridized carbons (Fsp3) is 0.917. The van der Waals surface area contributed by atoms with Crippen LogP contribution in [0.25, 0.3) is 0 Å². The monoisotopic (exact) mass is 327 g/mol. The van der Waals surface area contributed by atoms with Gasteiger partial charge in [0.1, 0.15) is 5.75 Å². The third-order valence-electron chi connectivity index (χ3n) is 3.54. The molecule has 1 unspecified atom stereocenters. The first kappa shape index (κ1) is 19.6. The Kier molecular flexibility index (Phi) is 8.65. The molecule has 1 aliphatic rings. The molecule has 0 aromatic rings. The Morgan fingerprint density at radius 3 is 2.45 bits per heavy atom. The molecule has 6 nitrogen and oxygen atoms in total. The largest absolute Gasteiger partial charge is 0.338 e. The minimum absolute atomic E-state index is 0. The van der Waals surface area contributed by atoms with Gasteiger partial charge in [-0.25, -0.2) is 12.7 Å². The van der Waals surface area contributed by atoms with Crippen molar-refractivity contribution >= 4 is 28.3 Å². The van der Waals surface area contributed by atoms with Gasteiger partial charge in [0.05, 0.1) is 0 Å². The lowest BCUT2D eigenvalue weighted by atomic mass is 10.2. The van der Waals surface area contributed by atoms with Gasteiger partial charge < -0.3 is 10.2 Å². The van der Waals surface area contributed by atoms with Gasteiger partial charge in [-0.15, -0.1) is 12.4 Å². The number of nitrogens with one attached hydrogen (secondary N) is 1. The van der Waals surface area contributed by atoms with Crippen LogP contribution >= 0.6 is 12.4 Å². The van der Waals surface area contributed by atoms with Crippen molar-refractivity contribution in [1.29, 1.82) is 0 Å². The van der Waals surface area contributed by atoms with Crippen molar-refractivity contribution < 1.29 is 13.2 Å². The van der Waals surface area contributed by atoms with E-state index >= 15 is 0 Å². The van der Waals surface area contributed by atoms with Gasteiger partial charge in [0.15, 0.2) is 0 Å². The van der Waals surface area contributed by atoms with Crippen LogP contribution in [-0.2, 0) is 14.8 Å². The van der Waals surface area contributed by atoms with Crippen LogP contribution in [0.4, 0.5) is 0 Å². The van der Waals surface area contributed by atoms with Crippen molar-refractivity contribution in [1.82, 2.24) is 14.5 Å². The average molecular weight is 328 g/mol. The van der Waals surface area contributed by atoms with Crippen molar-refractivity contribution in [3.8, 4) is 0 Å². The molecule has 0 aromatic heterocycles. The number of hydrogen-bond acceptors (Lipinski definition) is 4. The van der Waals surface area contributed by atoms with Crippen molar-refractivity contribution in [3.63, 3.8) is 0 Å². The smallest absolute Gasteiger partial charge is 0.239 e. The number of likely N-dealkylation sites (tertiary alicyclic amines) is 1. The fourth-order valence-electron chi connectivity index (χ4n) is 2.56. The van der Waals surface area contributed by atoms with Crippen molar-refractivity contribution in [2.75, 3.05) is 39.0 Å². The molecule has 1 aliphatic heterocycles. The maximum atomic E-state index is 12.2. The van der Waals surface area contributed by atoms with Gasteiger partial charge in [0, 0.05) is 32.2 Å². The van der Waals surface area contributed by atoms with E-state index in [2.05, 4.69) is 5.32 Å². The third kappa shape index (κ3) is 4.87. The van der Waals surface area contributed by atoms with E-state index in [1.807, 2.05) is 7.05 Å². The number of carbonyl (C=O) groups is 1. The predicted octanol–water partition coefficient (Wildman–Crippen LogP) is 0.290. The molecule has 0 saturated carbocycles. The molecule has 1 N–H and O–H groups in total. The Labute approximate surface area is 128 Å². The summed E-state index contributed by atoms with van der Waals surface area (Å²) < 4.78 is 25.5. The molecule has 0 radical (unpaired) electrons. The van der Waals surface area contributed by atoms with Crippen LogP contribution in [0.1, 0.15) is 26.7 Å². The molecule has 1 fully saturated rings. The van der Waals surface area contributed by atoms with Crippen LogP contribution in [0.5, 0.6) is 0 Å². The van der Waals surface area contributed by atoms with E-state index in [-0.39, 0.29) is 24.4 Å². The second kappa shape index (κ2) is 8.81. The van der Waals surface area contributed by atoms with Crippen LogP contribution in [0.2, 0.25) is 0 Å². The Hall–Kier alpha value is -0.370. The van der Waals surface area contributed by atoms with Gasteiger partial charge in [0.2, 0.25) is 15.9 Å². The third-order valence-corrected chi connectivity index (χ3v) is 5.46. The molecule has 120 valence electrons. The molecule has 0 aliphatic carbocycles. The van der Waals surface area contributed by atoms with Crippen molar-refractivity contribution in [3.05, 3.63) is 0 Å². The lowest BCUT2D eigenvalue weighted by Crippen LogP contribution is -2.45. The lowest BCUT2D eigenvalue weighted by Gasteiger charge is -2.26. The Morgan fingerprint density at radius 2 is 1.95 bits per heavy atom. The molecule has 1 amide bonds. The summed E-state index contributed by atoms with van der Waals surface area (Å²) in [5.41, 5.74) is 0. The lowest BCUT2D eigenvalue weighted by molar-refractivity contribution is -0.129. The van der Waals surface area contributed by atoms with Crippen LogP contribution in [0.15, 0.2) is 0 Å². The maximum absolute atomic E-state index is 12.2. The summed E-state index contributed by atoms with van der Waals surface area (Å²) in [5.74, 6) is -0.681. The minimum atomic E-state index is -3.48. The predicted molar refractivity (Wildman–Crippen MR) is 82.6 cm³/mol. The van der Waals surface area contributed by atoms with Crippen molar-refractivity contribution in [2.24, 2.45) is 0 Å². The number of halogens is 1. The summed E-state index contributed by atoms with van der Waals surface area (Å²) >= 11 is 0. The van der Waals surface area contributed by atoms with E-state index in [4.69, 9.17) is 0 Å². The van der Waals surface area contributed by atoms with E-state index in [9.17, 15) is 13.2 Å².